The number of hydrogen-bond donors (Lipinski definition) is 1. The number of phenolic OH excluding ortho intramolecular Hbond substituents is 1. The molecule has 1 nitrogen and oxygen atoms in total. The van der Waals surface area contributed by atoms with Gasteiger partial charge in [-0.3, -0.25) is 0 Å². The number of aromatic hydroxyl groups is 1. The Morgan fingerprint density at radius 1 is 1.00 bits per heavy atom. The summed E-state index contributed by atoms with van der Waals surface area (Å²) in [4.78, 5) is 0. The number of fused-ring (bicyclic) bond motifs is 2. The summed E-state index contributed by atoms with van der Waals surface area (Å²) in [5, 5.41) is 10.0. The highest BCUT2D eigenvalue weighted by Crippen LogP contribution is 2.57. The van der Waals surface area contributed by atoms with E-state index in [1.165, 1.54) is 16.7 Å². The number of benzene rings is 1. The summed E-state index contributed by atoms with van der Waals surface area (Å²) >= 11 is 0. The van der Waals surface area contributed by atoms with Gasteiger partial charge in [0, 0.05) is 11.5 Å². The van der Waals surface area contributed by atoms with Crippen molar-refractivity contribution >= 4 is 0 Å². The van der Waals surface area contributed by atoms with Crippen molar-refractivity contribution in [2.24, 2.45) is 5.41 Å². The van der Waals surface area contributed by atoms with Gasteiger partial charge in [-0.2, -0.15) is 0 Å². The summed E-state index contributed by atoms with van der Waals surface area (Å²) in [5.74, 6) is 0.881. The average Bonchev–Trinajstić information content (AvgIpc) is 1.96. The molecular weight excluding hydrogens is 196 g/mol. The first kappa shape index (κ1) is 11.5. The first-order chi connectivity index (χ1) is 7.14. The minimum atomic E-state index is 0.130. The molecule has 0 fully saturated rings. The van der Waals surface area contributed by atoms with Crippen LogP contribution in [0.4, 0.5) is 0 Å². The van der Waals surface area contributed by atoms with Crippen LogP contribution in [-0.4, -0.2) is 5.11 Å². The van der Waals surface area contributed by atoms with Crippen LogP contribution in [0.15, 0.2) is 12.1 Å². The normalized spacial score (nSPS) is 19.5. The van der Waals surface area contributed by atoms with Crippen molar-refractivity contribution in [3.8, 4) is 5.75 Å². The van der Waals surface area contributed by atoms with Crippen LogP contribution in [0.3, 0.4) is 0 Å². The molecule has 0 saturated heterocycles. The predicted molar refractivity (Wildman–Crippen MR) is 68.1 cm³/mol. The van der Waals surface area contributed by atoms with Crippen LogP contribution in [-0.2, 0) is 5.41 Å². The smallest absolute Gasteiger partial charge is 0.119 e. The largest absolute Gasteiger partial charge is 0.508 e. The molecule has 0 aromatic heterocycles. The zero-order valence-electron chi connectivity index (χ0n) is 11.2. The van der Waals surface area contributed by atoms with Gasteiger partial charge in [0.15, 0.2) is 0 Å². The van der Waals surface area contributed by atoms with Gasteiger partial charge in [0.2, 0.25) is 0 Å². The second kappa shape index (κ2) is 3.03. The minimum absolute atomic E-state index is 0.130. The van der Waals surface area contributed by atoms with E-state index in [0.717, 1.165) is 0 Å². The Bertz CT molecular complexity index is 430. The van der Waals surface area contributed by atoms with Crippen LogP contribution < -0.4 is 0 Å². The van der Waals surface area contributed by atoms with Gasteiger partial charge in [0.25, 0.3) is 0 Å². The summed E-state index contributed by atoms with van der Waals surface area (Å²) in [5.41, 5.74) is 4.28. The molecular formula is C15H22O. The van der Waals surface area contributed by atoms with Gasteiger partial charge in [-0.15, -0.1) is 0 Å². The van der Waals surface area contributed by atoms with E-state index in [1.54, 1.807) is 0 Å². The van der Waals surface area contributed by atoms with Gasteiger partial charge >= 0.3 is 0 Å². The van der Waals surface area contributed by atoms with Gasteiger partial charge in [-0.25, -0.2) is 0 Å². The zero-order chi connectivity index (χ0) is 12.3. The summed E-state index contributed by atoms with van der Waals surface area (Å²) in [6.07, 6.45) is 0. The van der Waals surface area contributed by atoms with Crippen LogP contribution >= 0.6 is 0 Å². The quantitative estimate of drug-likeness (QED) is 0.692. The molecule has 1 heteroatoms. The Balaban J connectivity index is 2.58. The molecule has 1 aromatic rings. The summed E-state index contributed by atoms with van der Waals surface area (Å²) < 4.78 is 0. The first-order valence-corrected chi connectivity index (χ1v) is 6.00. The minimum Gasteiger partial charge on any atom is -0.508 e. The van der Waals surface area contributed by atoms with Crippen LogP contribution in [0, 0.1) is 5.41 Å². The fourth-order valence-corrected chi connectivity index (χ4v) is 2.97. The molecule has 16 heavy (non-hydrogen) atoms. The van der Waals surface area contributed by atoms with E-state index in [9.17, 15) is 5.11 Å². The lowest BCUT2D eigenvalue weighted by atomic mass is 9.57. The van der Waals surface area contributed by atoms with E-state index in [2.05, 4.69) is 47.6 Å². The van der Waals surface area contributed by atoms with E-state index in [-0.39, 0.29) is 10.8 Å². The third-order valence-electron chi connectivity index (χ3n) is 3.47. The molecule has 0 saturated carbocycles. The van der Waals surface area contributed by atoms with Gasteiger partial charge in [-0.1, -0.05) is 47.6 Å². The highest BCUT2D eigenvalue weighted by molar-refractivity contribution is 5.63. The monoisotopic (exact) mass is 218 g/mol. The van der Waals surface area contributed by atoms with Crippen LogP contribution in [0.25, 0.3) is 0 Å². The summed E-state index contributed by atoms with van der Waals surface area (Å²) in [6, 6.07) is 3.93. The second-order valence-corrected chi connectivity index (χ2v) is 7.01. The van der Waals surface area contributed by atoms with E-state index in [1.807, 2.05) is 6.07 Å². The molecule has 2 aliphatic carbocycles. The molecule has 88 valence electrons. The first-order valence-electron chi connectivity index (χ1n) is 6.00. The third-order valence-corrected chi connectivity index (χ3v) is 3.47. The topological polar surface area (TPSA) is 20.2 Å². The highest BCUT2D eigenvalue weighted by atomic mass is 16.3. The van der Waals surface area contributed by atoms with Gasteiger partial charge in [-0.05, 0) is 28.0 Å². The van der Waals surface area contributed by atoms with Gasteiger partial charge in [0.05, 0.1) is 0 Å². The average molecular weight is 218 g/mol. The third kappa shape index (κ3) is 1.45. The fraction of sp³-hybridized carbons (Fsp3) is 0.600. The lowest BCUT2D eigenvalue weighted by Gasteiger charge is -2.46. The fourth-order valence-electron chi connectivity index (χ4n) is 2.97. The molecule has 0 heterocycles. The van der Waals surface area contributed by atoms with Crippen molar-refractivity contribution < 1.29 is 5.11 Å². The molecule has 1 aromatic carbocycles. The van der Waals surface area contributed by atoms with Crippen molar-refractivity contribution in [1.82, 2.24) is 0 Å². The van der Waals surface area contributed by atoms with E-state index >= 15 is 0 Å². The van der Waals surface area contributed by atoms with Crippen LogP contribution in [0.2, 0.25) is 0 Å². The van der Waals surface area contributed by atoms with Crippen molar-refractivity contribution in [2.45, 2.75) is 52.9 Å². The van der Waals surface area contributed by atoms with Crippen LogP contribution in [0.1, 0.15) is 64.2 Å². The Labute approximate surface area is 98.5 Å². The van der Waals surface area contributed by atoms with E-state index in [4.69, 9.17) is 0 Å². The maximum Gasteiger partial charge on any atom is 0.119 e. The molecule has 1 atom stereocenters. The lowest BCUT2D eigenvalue weighted by Crippen LogP contribution is -2.34. The summed E-state index contributed by atoms with van der Waals surface area (Å²) in [6.45, 7) is 13.4. The van der Waals surface area contributed by atoms with Crippen molar-refractivity contribution in [1.29, 1.82) is 0 Å². The maximum absolute atomic E-state index is 10.0. The molecule has 0 radical (unpaired) electrons. The number of rotatable bonds is 0. The van der Waals surface area contributed by atoms with Gasteiger partial charge < -0.3 is 5.11 Å². The SMILES string of the molecule is CC(C)(C)c1c2ccc(O)c1C2C(C)(C)C. The van der Waals surface area contributed by atoms with Gasteiger partial charge in [0.1, 0.15) is 5.75 Å². The molecule has 1 N–H and O–H groups in total. The molecule has 0 spiro atoms. The van der Waals surface area contributed by atoms with Crippen molar-refractivity contribution in [2.75, 3.05) is 0 Å². The molecule has 1 unspecified atom stereocenters. The van der Waals surface area contributed by atoms with Crippen molar-refractivity contribution in [3.05, 3.63) is 28.8 Å². The Kier molecular flexibility index (Phi) is 2.18. The van der Waals surface area contributed by atoms with Crippen LogP contribution in [0.5, 0.6) is 5.75 Å². The predicted octanol–water partition coefficient (Wildman–Crippen LogP) is 4.18. The molecule has 2 aliphatic rings. The Hall–Kier alpha value is -0.980. The number of hydrogen-bond acceptors (Lipinski definition) is 1. The lowest BCUT2D eigenvalue weighted by molar-refractivity contribution is 0.315. The Morgan fingerprint density at radius 2 is 1.56 bits per heavy atom. The second-order valence-electron chi connectivity index (χ2n) is 7.01. The Morgan fingerprint density at radius 3 is 1.94 bits per heavy atom. The van der Waals surface area contributed by atoms with Crippen molar-refractivity contribution in [3.63, 3.8) is 0 Å². The zero-order valence-corrected chi connectivity index (χ0v) is 11.2. The van der Waals surface area contributed by atoms with E-state index < -0.39 is 0 Å². The van der Waals surface area contributed by atoms with E-state index in [0.29, 0.717) is 11.7 Å². The number of phenols is 1. The molecule has 0 amide bonds. The molecule has 3 rings (SSSR count). The molecule has 2 bridgehead atoms. The standard InChI is InChI=1S/C15H22O/c1-14(2,3)12-9-7-8-10(16)11(12)13(9)15(4,5)6/h7-8,12,16H,1-6H3. The summed E-state index contributed by atoms with van der Waals surface area (Å²) in [7, 11) is 0. The maximum atomic E-state index is 10.0. The molecule has 0 aliphatic heterocycles. The highest BCUT2D eigenvalue weighted by Gasteiger charge is 2.44.